The lowest BCUT2D eigenvalue weighted by molar-refractivity contribution is -0.136. The topological polar surface area (TPSA) is 29.3 Å². The van der Waals surface area contributed by atoms with E-state index < -0.39 is 18.1 Å². The molecule has 0 saturated carbocycles. The lowest BCUT2D eigenvalue weighted by atomic mass is 9.92. The van der Waals surface area contributed by atoms with Crippen LogP contribution in [0.1, 0.15) is 37.3 Å². The number of hydrogen-bond donors (Lipinski definition) is 1. The fourth-order valence-corrected chi connectivity index (χ4v) is 2.53. The van der Waals surface area contributed by atoms with Crippen LogP contribution in [0.25, 0.3) is 0 Å². The first kappa shape index (κ1) is 17.8. The summed E-state index contributed by atoms with van der Waals surface area (Å²) in [5.41, 5.74) is 8.62. The Morgan fingerprint density at radius 3 is 2.00 bits per heavy atom. The van der Waals surface area contributed by atoms with Gasteiger partial charge in [0.25, 0.3) is 0 Å². The molecule has 0 spiro atoms. The Kier molecular flexibility index (Phi) is 5.68. The summed E-state index contributed by atoms with van der Waals surface area (Å²) < 4.78 is 37.0. The van der Waals surface area contributed by atoms with Gasteiger partial charge in [-0.15, -0.1) is 0 Å². The van der Waals surface area contributed by atoms with Crippen LogP contribution in [0.2, 0.25) is 0 Å². The summed E-state index contributed by atoms with van der Waals surface area (Å²) in [7, 11) is 1.90. The Labute approximate surface area is 125 Å². The van der Waals surface area contributed by atoms with Gasteiger partial charge in [-0.05, 0) is 56.9 Å². The van der Waals surface area contributed by atoms with Gasteiger partial charge in [0.05, 0.1) is 0 Å². The highest BCUT2D eigenvalue weighted by Gasteiger charge is 2.32. The number of nitrogens with two attached hydrogens (primary N) is 1. The molecule has 0 saturated heterocycles. The maximum absolute atomic E-state index is 12.3. The Morgan fingerprint density at radius 1 is 1.05 bits per heavy atom. The molecule has 0 aromatic heterocycles. The first-order valence-electron chi connectivity index (χ1n) is 7.16. The van der Waals surface area contributed by atoms with Gasteiger partial charge in [-0.1, -0.05) is 6.07 Å². The number of aryl methyl sites for hydroxylation is 2. The van der Waals surface area contributed by atoms with Crippen molar-refractivity contribution in [2.45, 2.75) is 51.7 Å². The van der Waals surface area contributed by atoms with Crippen molar-refractivity contribution in [1.82, 2.24) is 0 Å². The predicted molar refractivity (Wildman–Crippen MR) is 81.7 cm³/mol. The summed E-state index contributed by atoms with van der Waals surface area (Å²) in [6, 6.07) is 6.14. The fourth-order valence-electron chi connectivity index (χ4n) is 2.53. The van der Waals surface area contributed by atoms with Crippen LogP contribution >= 0.6 is 0 Å². The SMILES string of the molecule is Cc1cc(C)cc(N(C)C(C)(CN)CCCC(F)(F)F)c1. The zero-order chi connectivity index (χ0) is 16.3. The van der Waals surface area contributed by atoms with Crippen LogP contribution in [0.3, 0.4) is 0 Å². The first-order chi connectivity index (χ1) is 9.57. The molecule has 120 valence electrons. The highest BCUT2D eigenvalue weighted by atomic mass is 19.4. The Bertz CT molecular complexity index is 451. The number of likely N-dealkylation sites (N-methyl/N-ethyl adjacent to an activating group) is 1. The van der Waals surface area contributed by atoms with Crippen molar-refractivity contribution in [2.75, 3.05) is 18.5 Å². The molecule has 0 aliphatic rings. The van der Waals surface area contributed by atoms with Crippen LogP contribution in [-0.2, 0) is 0 Å². The number of hydrogen-bond acceptors (Lipinski definition) is 2. The van der Waals surface area contributed by atoms with Gasteiger partial charge in [0.1, 0.15) is 0 Å². The molecule has 1 atom stereocenters. The van der Waals surface area contributed by atoms with Gasteiger partial charge in [0.2, 0.25) is 0 Å². The average Bonchev–Trinajstić information content (AvgIpc) is 2.34. The van der Waals surface area contributed by atoms with Crippen molar-refractivity contribution < 1.29 is 13.2 Å². The highest BCUT2D eigenvalue weighted by Crippen LogP contribution is 2.30. The molecule has 1 aromatic carbocycles. The minimum absolute atomic E-state index is 0.0896. The third kappa shape index (κ3) is 5.23. The smallest absolute Gasteiger partial charge is 0.368 e. The second-order valence-corrected chi connectivity index (χ2v) is 6.07. The summed E-state index contributed by atoms with van der Waals surface area (Å²) in [6.45, 7) is 6.25. The second kappa shape index (κ2) is 6.69. The third-order valence-electron chi connectivity index (χ3n) is 4.02. The minimum atomic E-state index is -4.10. The predicted octanol–water partition coefficient (Wildman–Crippen LogP) is 4.19. The van der Waals surface area contributed by atoms with Crippen LogP contribution in [0.4, 0.5) is 18.9 Å². The van der Waals surface area contributed by atoms with Crippen LogP contribution in [0, 0.1) is 13.8 Å². The Morgan fingerprint density at radius 2 is 1.57 bits per heavy atom. The lowest BCUT2D eigenvalue weighted by Crippen LogP contribution is -2.50. The summed E-state index contributed by atoms with van der Waals surface area (Å²) in [6.07, 6.45) is -4.36. The number of halogens is 3. The molecule has 0 aliphatic carbocycles. The van der Waals surface area contributed by atoms with E-state index in [9.17, 15) is 13.2 Å². The maximum atomic E-state index is 12.3. The van der Waals surface area contributed by atoms with Crippen LogP contribution in [-0.4, -0.2) is 25.3 Å². The van der Waals surface area contributed by atoms with E-state index in [-0.39, 0.29) is 6.42 Å². The molecule has 2 nitrogen and oxygen atoms in total. The monoisotopic (exact) mass is 302 g/mol. The molecule has 21 heavy (non-hydrogen) atoms. The van der Waals surface area contributed by atoms with E-state index in [1.165, 1.54) is 0 Å². The van der Waals surface area contributed by atoms with Crippen LogP contribution in [0.5, 0.6) is 0 Å². The van der Waals surface area contributed by atoms with Crippen molar-refractivity contribution in [2.24, 2.45) is 5.73 Å². The van der Waals surface area contributed by atoms with Gasteiger partial charge in [-0.3, -0.25) is 0 Å². The van der Waals surface area contributed by atoms with Gasteiger partial charge < -0.3 is 10.6 Å². The van der Waals surface area contributed by atoms with Gasteiger partial charge >= 0.3 is 6.18 Å². The molecular weight excluding hydrogens is 277 g/mol. The normalized spacial score (nSPS) is 14.9. The number of benzene rings is 1. The van der Waals surface area contributed by atoms with Gasteiger partial charge in [-0.2, -0.15) is 13.2 Å². The summed E-state index contributed by atoms with van der Waals surface area (Å²) in [4.78, 5) is 2.00. The van der Waals surface area contributed by atoms with E-state index in [0.29, 0.717) is 13.0 Å². The van der Waals surface area contributed by atoms with Gasteiger partial charge in [0, 0.05) is 31.2 Å². The van der Waals surface area contributed by atoms with Crippen LogP contribution < -0.4 is 10.6 Å². The van der Waals surface area contributed by atoms with E-state index in [2.05, 4.69) is 6.07 Å². The summed E-state index contributed by atoms with van der Waals surface area (Å²) in [5.74, 6) is 0. The molecule has 1 aromatic rings. The largest absolute Gasteiger partial charge is 0.389 e. The van der Waals surface area contributed by atoms with Crippen molar-refractivity contribution in [3.8, 4) is 0 Å². The standard InChI is InChI=1S/C16H25F3N2/c1-12-8-13(2)10-14(9-12)21(4)15(3,11-20)6-5-7-16(17,18)19/h8-10H,5-7,11,20H2,1-4H3. The molecule has 5 heteroatoms. The number of alkyl halides is 3. The molecule has 2 N–H and O–H groups in total. The molecule has 1 rings (SSSR count). The van der Waals surface area contributed by atoms with E-state index in [0.717, 1.165) is 16.8 Å². The van der Waals surface area contributed by atoms with E-state index in [1.54, 1.807) is 0 Å². The quantitative estimate of drug-likeness (QED) is 0.853. The zero-order valence-electron chi connectivity index (χ0n) is 13.2. The minimum Gasteiger partial charge on any atom is -0.368 e. The number of nitrogens with zero attached hydrogens (tertiary/aromatic N) is 1. The van der Waals surface area contributed by atoms with E-state index >= 15 is 0 Å². The second-order valence-electron chi connectivity index (χ2n) is 6.07. The van der Waals surface area contributed by atoms with E-state index in [1.807, 2.05) is 44.9 Å². The number of anilines is 1. The summed E-state index contributed by atoms with van der Waals surface area (Å²) >= 11 is 0. The van der Waals surface area contributed by atoms with Crippen LogP contribution in [0.15, 0.2) is 18.2 Å². The van der Waals surface area contributed by atoms with Crippen molar-refractivity contribution >= 4 is 5.69 Å². The molecule has 1 unspecified atom stereocenters. The number of rotatable bonds is 6. The highest BCUT2D eigenvalue weighted by molar-refractivity contribution is 5.52. The molecule has 0 fully saturated rings. The van der Waals surface area contributed by atoms with Crippen molar-refractivity contribution in [1.29, 1.82) is 0 Å². The molecule has 0 radical (unpaired) electrons. The van der Waals surface area contributed by atoms with Crippen molar-refractivity contribution in [3.05, 3.63) is 29.3 Å². The first-order valence-corrected chi connectivity index (χ1v) is 7.16. The molecule has 0 bridgehead atoms. The third-order valence-corrected chi connectivity index (χ3v) is 4.02. The van der Waals surface area contributed by atoms with Crippen molar-refractivity contribution in [3.63, 3.8) is 0 Å². The molecule has 0 aliphatic heterocycles. The average molecular weight is 302 g/mol. The zero-order valence-corrected chi connectivity index (χ0v) is 13.2. The Hall–Kier alpha value is -1.23. The molecule has 0 amide bonds. The van der Waals surface area contributed by atoms with Gasteiger partial charge in [0.15, 0.2) is 0 Å². The Balaban J connectivity index is 2.85. The molecule has 0 heterocycles. The summed E-state index contributed by atoms with van der Waals surface area (Å²) in [5, 5.41) is 0. The fraction of sp³-hybridized carbons (Fsp3) is 0.625. The lowest BCUT2D eigenvalue weighted by Gasteiger charge is -2.40. The van der Waals surface area contributed by atoms with Gasteiger partial charge in [-0.25, -0.2) is 0 Å². The maximum Gasteiger partial charge on any atom is 0.389 e. The van der Waals surface area contributed by atoms with E-state index in [4.69, 9.17) is 5.73 Å². The molecular formula is C16H25F3N2.